The minimum atomic E-state index is 0.601. The molecule has 2 heterocycles. The molecule has 2 N–H and O–H groups in total. The number of hydrogen-bond acceptors (Lipinski definition) is 2. The van der Waals surface area contributed by atoms with Crippen molar-refractivity contribution in [1.29, 1.82) is 0 Å². The van der Waals surface area contributed by atoms with Gasteiger partial charge in [0.15, 0.2) is 0 Å². The van der Waals surface area contributed by atoms with Crippen LogP contribution in [0, 0.1) is 6.92 Å². The van der Waals surface area contributed by atoms with Gasteiger partial charge in [0.1, 0.15) is 5.65 Å². The van der Waals surface area contributed by atoms with E-state index in [0.717, 1.165) is 23.5 Å². The van der Waals surface area contributed by atoms with Crippen LogP contribution in [0.2, 0.25) is 0 Å². The van der Waals surface area contributed by atoms with Gasteiger partial charge in [0.05, 0.1) is 11.4 Å². The maximum atomic E-state index is 5.81. The highest BCUT2D eigenvalue weighted by Gasteiger charge is 2.14. The molecule has 0 spiro atoms. The van der Waals surface area contributed by atoms with Gasteiger partial charge in [0.25, 0.3) is 0 Å². The number of nitrogens with two attached hydrogens (primary N) is 1. The summed E-state index contributed by atoms with van der Waals surface area (Å²) < 4.78 is 2.18. The van der Waals surface area contributed by atoms with Crippen LogP contribution in [-0.4, -0.2) is 15.9 Å². The molecule has 3 nitrogen and oxygen atoms in total. The highest BCUT2D eigenvalue weighted by molar-refractivity contribution is 5.87. The Labute approximate surface area is 135 Å². The molecule has 4 rings (SSSR count). The number of imidazole rings is 1. The summed E-state index contributed by atoms with van der Waals surface area (Å²) in [5.41, 5.74) is 11.4. The lowest BCUT2D eigenvalue weighted by molar-refractivity contribution is 0.939. The summed E-state index contributed by atoms with van der Waals surface area (Å²) in [7, 11) is 0. The first kappa shape index (κ1) is 14.0. The topological polar surface area (TPSA) is 43.3 Å². The van der Waals surface area contributed by atoms with Crippen LogP contribution in [-0.2, 0) is 6.42 Å². The molecule has 0 unspecified atom stereocenters. The molecule has 0 radical (unpaired) electrons. The standard InChI is InChI=1S/C20H19N3/c1-14-5-4-12-23-19(18(10-11-21)22-20(14)23)17-9-8-15-6-2-3-7-16(15)13-17/h2-9,12-13H,10-11,21H2,1H3. The number of aromatic nitrogens is 2. The molecular weight excluding hydrogens is 282 g/mol. The predicted octanol–water partition coefficient (Wildman–Crippen LogP) is 3.96. The molecule has 3 heteroatoms. The summed E-state index contributed by atoms with van der Waals surface area (Å²) >= 11 is 0. The first-order valence-electron chi connectivity index (χ1n) is 7.94. The molecule has 2 aromatic carbocycles. The highest BCUT2D eigenvalue weighted by Crippen LogP contribution is 2.29. The molecule has 0 aliphatic carbocycles. The Balaban J connectivity index is 2.01. The van der Waals surface area contributed by atoms with E-state index in [0.29, 0.717) is 6.54 Å². The average Bonchev–Trinajstić information content (AvgIpc) is 2.94. The lowest BCUT2D eigenvalue weighted by atomic mass is 10.0. The van der Waals surface area contributed by atoms with Crippen molar-refractivity contribution in [3.8, 4) is 11.3 Å². The monoisotopic (exact) mass is 301 g/mol. The third kappa shape index (κ3) is 2.30. The van der Waals surface area contributed by atoms with E-state index in [1.807, 2.05) is 0 Å². The van der Waals surface area contributed by atoms with Crippen molar-refractivity contribution < 1.29 is 0 Å². The van der Waals surface area contributed by atoms with Gasteiger partial charge < -0.3 is 5.73 Å². The molecule has 23 heavy (non-hydrogen) atoms. The minimum Gasteiger partial charge on any atom is -0.330 e. The lowest BCUT2D eigenvalue weighted by Crippen LogP contribution is -2.04. The summed E-state index contributed by atoms with van der Waals surface area (Å²) in [5, 5.41) is 2.49. The van der Waals surface area contributed by atoms with E-state index in [9.17, 15) is 0 Å². The van der Waals surface area contributed by atoms with Gasteiger partial charge in [-0.15, -0.1) is 0 Å². The largest absolute Gasteiger partial charge is 0.330 e. The zero-order valence-electron chi connectivity index (χ0n) is 13.2. The molecule has 2 aromatic heterocycles. The maximum absolute atomic E-state index is 5.81. The van der Waals surface area contributed by atoms with Gasteiger partial charge in [0.2, 0.25) is 0 Å². The normalized spacial score (nSPS) is 11.4. The Morgan fingerprint density at radius 3 is 2.65 bits per heavy atom. The Morgan fingerprint density at radius 2 is 1.83 bits per heavy atom. The number of aryl methyl sites for hydroxylation is 1. The molecule has 4 aromatic rings. The molecule has 114 valence electrons. The fourth-order valence-corrected chi connectivity index (χ4v) is 3.20. The van der Waals surface area contributed by atoms with E-state index in [4.69, 9.17) is 10.7 Å². The van der Waals surface area contributed by atoms with Crippen molar-refractivity contribution in [2.75, 3.05) is 6.54 Å². The average molecular weight is 301 g/mol. The van der Waals surface area contributed by atoms with E-state index in [1.165, 1.54) is 21.9 Å². The van der Waals surface area contributed by atoms with Gasteiger partial charge in [0, 0.05) is 18.2 Å². The number of benzene rings is 2. The second-order valence-electron chi connectivity index (χ2n) is 5.89. The van der Waals surface area contributed by atoms with E-state index < -0.39 is 0 Å². The maximum Gasteiger partial charge on any atom is 0.140 e. The second kappa shape index (κ2) is 5.52. The van der Waals surface area contributed by atoms with Crippen LogP contribution in [0.4, 0.5) is 0 Å². The summed E-state index contributed by atoms with van der Waals surface area (Å²) in [6.07, 6.45) is 2.86. The molecule has 0 fully saturated rings. The summed E-state index contributed by atoms with van der Waals surface area (Å²) in [4.78, 5) is 4.84. The third-order valence-electron chi connectivity index (χ3n) is 4.32. The van der Waals surface area contributed by atoms with Crippen LogP contribution in [0.5, 0.6) is 0 Å². The van der Waals surface area contributed by atoms with Crippen LogP contribution in [0.1, 0.15) is 11.3 Å². The van der Waals surface area contributed by atoms with Crippen LogP contribution in [0.3, 0.4) is 0 Å². The number of pyridine rings is 1. The van der Waals surface area contributed by atoms with Gasteiger partial charge in [-0.05, 0) is 41.9 Å². The molecule has 0 atom stereocenters. The Bertz CT molecular complexity index is 998. The molecule has 0 bridgehead atoms. The van der Waals surface area contributed by atoms with Crippen molar-refractivity contribution in [2.45, 2.75) is 13.3 Å². The van der Waals surface area contributed by atoms with E-state index >= 15 is 0 Å². The third-order valence-corrected chi connectivity index (χ3v) is 4.32. The fourth-order valence-electron chi connectivity index (χ4n) is 3.20. The summed E-state index contributed by atoms with van der Waals surface area (Å²) in [5.74, 6) is 0. The Morgan fingerprint density at radius 1 is 1.00 bits per heavy atom. The molecular formula is C20H19N3. The van der Waals surface area contributed by atoms with Crippen molar-refractivity contribution in [2.24, 2.45) is 5.73 Å². The first-order chi connectivity index (χ1) is 11.3. The fraction of sp³-hybridized carbons (Fsp3) is 0.150. The summed E-state index contributed by atoms with van der Waals surface area (Å²) in [6, 6.07) is 19.2. The van der Waals surface area contributed by atoms with Gasteiger partial charge in [-0.2, -0.15) is 0 Å². The molecule has 0 aliphatic heterocycles. The zero-order chi connectivity index (χ0) is 15.8. The second-order valence-corrected chi connectivity index (χ2v) is 5.89. The summed E-state index contributed by atoms with van der Waals surface area (Å²) in [6.45, 7) is 2.70. The molecule has 0 saturated carbocycles. The number of rotatable bonds is 3. The predicted molar refractivity (Wildman–Crippen MR) is 95.6 cm³/mol. The van der Waals surface area contributed by atoms with Crippen molar-refractivity contribution in [3.05, 3.63) is 72.1 Å². The van der Waals surface area contributed by atoms with E-state index in [-0.39, 0.29) is 0 Å². The Kier molecular flexibility index (Phi) is 3.36. The van der Waals surface area contributed by atoms with E-state index in [1.54, 1.807) is 0 Å². The van der Waals surface area contributed by atoms with Gasteiger partial charge in [-0.25, -0.2) is 4.98 Å². The lowest BCUT2D eigenvalue weighted by Gasteiger charge is -2.07. The number of fused-ring (bicyclic) bond motifs is 2. The van der Waals surface area contributed by atoms with Gasteiger partial charge in [-0.1, -0.05) is 42.5 Å². The Hall–Kier alpha value is -2.65. The van der Waals surface area contributed by atoms with Gasteiger partial charge in [-0.3, -0.25) is 4.40 Å². The number of hydrogen-bond donors (Lipinski definition) is 1. The van der Waals surface area contributed by atoms with Gasteiger partial charge >= 0.3 is 0 Å². The molecule has 0 amide bonds. The van der Waals surface area contributed by atoms with Crippen molar-refractivity contribution >= 4 is 16.4 Å². The SMILES string of the molecule is Cc1cccn2c(-c3ccc4ccccc4c3)c(CCN)nc12. The molecule has 0 saturated heterocycles. The van der Waals surface area contributed by atoms with Crippen molar-refractivity contribution in [1.82, 2.24) is 9.38 Å². The zero-order valence-corrected chi connectivity index (χ0v) is 13.2. The van der Waals surface area contributed by atoms with Crippen LogP contribution in [0.15, 0.2) is 60.8 Å². The van der Waals surface area contributed by atoms with Crippen LogP contribution < -0.4 is 5.73 Å². The van der Waals surface area contributed by atoms with Crippen LogP contribution in [0.25, 0.3) is 27.7 Å². The minimum absolute atomic E-state index is 0.601. The first-order valence-corrected chi connectivity index (χ1v) is 7.94. The smallest absolute Gasteiger partial charge is 0.140 e. The molecule has 0 aliphatic rings. The van der Waals surface area contributed by atoms with Crippen LogP contribution >= 0.6 is 0 Å². The van der Waals surface area contributed by atoms with Crippen molar-refractivity contribution in [3.63, 3.8) is 0 Å². The number of nitrogens with zero attached hydrogens (tertiary/aromatic N) is 2. The highest BCUT2D eigenvalue weighted by atomic mass is 15.0. The van der Waals surface area contributed by atoms with E-state index in [2.05, 4.69) is 72.1 Å². The quantitative estimate of drug-likeness (QED) is 0.622.